The number of benzene rings is 4. The number of rotatable bonds is 15. The molecule has 4 aromatic carbocycles. The van der Waals surface area contributed by atoms with E-state index in [1.807, 2.05) is 121 Å². The van der Waals surface area contributed by atoms with Gasteiger partial charge in [-0.1, -0.05) is 121 Å². The highest BCUT2D eigenvalue weighted by Gasteiger charge is 2.63. The molecule has 0 bridgehead atoms. The second kappa shape index (κ2) is 17.3. The molecule has 12 nitrogen and oxygen atoms in total. The predicted molar refractivity (Wildman–Crippen MR) is 193 cm³/mol. The molecule has 0 aromatic heterocycles. The minimum atomic E-state index is -2.10. The number of aliphatic hydroxyl groups excluding tert-OH is 3. The van der Waals surface area contributed by atoms with Crippen molar-refractivity contribution in [2.75, 3.05) is 13.2 Å². The summed E-state index contributed by atoms with van der Waals surface area (Å²) in [6, 6.07) is 38.0. The van der Waals surface area contributed by atoms with Gasteiger partial charge in [0.15, 0.2) is 12.3 Å². The highest BCUT2D eigenvalue weighted by atomic mass is 16.6. The van der Waals surface area contributed by atoms with Gasteiger partial charge in [-0.15, -0.1) is 0 Å². The Hall–Kier alpha value is -4.21. The molecule has 2 aliphatic heterocycles. The molecule has 0 spiro atoms. The molecule has 53 heavy (non-hydrogen) atoms. The van der Waals surface area contributed by atoms with Crippen LogP contribution in [0, 0.1) is 0 Å². The number of hydrogen-bond acceptors (Lipinski definition) is 12. The van der Waals surface area contributed by atoms with Crippen molar-refractivity contribution in [3.63, 3.8) is 0 Å². The van der Waals surface area contributed by atoms with Gasteiger partial charge >= 0.3 is 0 Å². The summed E-state index contributed by atoms with van der Waals surface area (Å²) in [5, 5.41) is 45.4. The number of aliphatic hydroxyl groups is 4. The summed E-state index contributed by atoms with van der Waals surface area (Å²) < 4.78 is 39.1. The van der Waals surface area contributed by atoms with Gasteiger partial charge < -0.3 is 54.2 Å². The van der Waals surface area contributed by atoms with Gasteiger partial charge in [-0.3, -0.25) is 0 Å². The molecule has 0 amide bonds. The molecule has 0 unspecified atom stereocenters. The quantitative estimate of drug-likeness (QED) is 0.123. The van der Waals surface area contributed by atoms with E-state index in [9.17, 15) is 20.4 Å². The maximum atomic E-state index is 11.1. The Bertz CT molecular complexity index is 1740. The molecule has 10 atom stereocenters. The zero-order valence-corrected chi connectivity index (χ0v) is 29.2. The topological polar surface area (TPSA) is 161 Å². The van der Waals surface area contributed by atoms with Crippen molar-refractivity contribution in [1.82, 2.24) is 5.32 Å². The maximum Gasteiger partial charge on any atom is 0.287 e. The third kappa shape index (κ3) is 8.62. The Labute approximate surface area is 308 Å². The van der Waals surface area contributed by atoms with Gasteiger partial charge in [0.05, 0.1) is 39.6 Å². The molecular weight excluding hydrogens is 680 g/mol. The number of nitrogens with one attached hydrogen (secondary N) is 1. The average Bonchev–Trinajstić information content (AvgIpc) is 3.70. The van der Waals surface area contributed by atoms with Gasteiger partial charge in [0, 0.05) is 0 Å². The van der Waals surface area contributed by atoms with Gasteiger partial charge in [-0.05, 0) is 22.3 Å². The Morgan fingerprint density at radius 2 is 1.11 bits per heavy atom. The summed E-state index contributed by atoms with van der Waals surface area (Å²) in [7, 11) is 0. The van der Waals surface area contributed by atoms with Crippen molar-refractivity contribution >= 4 is 6.02 Å². The zero-order valence-electron chi connectivity index (χ0n) is 29.2. The van der Waals surface area contributed by atoms with Crippen LogP contribution in [0.1, 0.15) is 22.3 Å². The first-order valence-electron chi connectivity index (χ1n) is 17.9. The summed E-state index contributed by atoms with van der Waals surface area (Å²) in [6.07, 6.45) is -8.08. The fourth-order valence-corrected chi connectivity index (χ4v) is 7.01. The van der Waals surface area contributed by atoms with Crippen molar-refractivity contribution in [3.8, 4) is 0 Å². The molecule has 2 fully saturated rings. The molecule has 2 heterocycles. The number of hydrogen-bond donors (Lipinski definition) is 5. The van der Waals surface area contributed by atoms with Crippen LogP contribution in [0.4, 0.5) is 0 Å². The first kappa shape index (κ1) is 37.1. The minimum Gasteiger partial charge on any atom is -0.457 e. The van der Waals surface area contributed by atoms with Crippen LogP contribution in [0.25, 0.3) is 0 Å². The van der Waals surface area contributed by atoms with Crippen LogP contribution >= 0.6 is 0 Å². The second-order valence-electron chi connectivity index (χ2n) is 13.6. The number of ether oxygens (including phenoxy) is 6. The van der Waals surface area contributed by atoms with Crippen LogP contribution < -0.4 is 5.32 Å². The summed E-state index contributed by atoms with van der Waals surface area (Å²) in [4.78, 5) is 4.48. The van der Waals surface area contributed by atoms with E-state index >= 15 is 0 Å². The van der Waals surface area contributed by atoms with Gasteiger partial charge in [0.25, 0.3) is 6.02 Å². The molecule has 5 N–H and O–H groups in total. The summed E-state index contributed by atoms with van der Waals surface area (Å²) in [5.41, 5.74) is 1.75. The summed E-state index contributed by atoms with van der Waals surface area (Å²) >= 11 is 0. The molecule has 3 aliphatic rings. The van der Waals surface area contributed by atoms with Crippen molar-refractivity contribution < 1.29 is 48.8 Å². The standard InChI is InChI=1S/C41H46N2O10/c44-26-41(47)37-34(32(45)38(41)46)53-40(42-37)43-39-36(51-24-30-19-11-4-12-20-30)35(50-23-29-17-9-3-10-18-29)33(49-22-28-15-7-2-8-16-28)31(52-39)25-48-21-27-13-5-1-6-14-27/h1-20,31-39,44-47H,21-26H2,(H,42,43)/t31-,32+,33-,34+,35+,36-,37+,38+,39+,41+/m1/s1. The molecule has 7 rings (SSSR count). The lowest BCUT2D eigenvalue weighted by molar-refractivity contribution is -0.276. The molecule has 1 aliphatic carbocycles. The van der Waals surface area contributed by atoms with Crippen LogP contribution in [-0.2, 0) is 54.8 Å². The van der Waals surface area contributed by atoms with Crippen LogP contribution in [-0.4, -0.2) is 100 Å². The molecular formula is C41H46N2O10. The molecule has 1 saturated heterocycles. The van der Waals surface area contributed by atoms with Crippen LogP contribution in [0.5, 0.6) is 0 Å². The Morgan fingerprint density at radius 3 is 1.62 bits per heavy atom. The van der Waals surface area contributed by atoms with E-state index in [4.69, 9.17) is 28.4 Å². The van der Waals surface area contributed by atoms with Crippen LogP contribution in [0.15, 0.2) is 126 Å². The molecule has 12 heteroatoms. The Kier molecular flexibility index (Phi) is 12.1. The highest BCUT2D eigenvalue weighted by molar-refractivity contribution is 5.76. The first-order valence-corrected chi connectivity index (χ1v) is 17.9. The molecule has 4 aromatic rings. The molecule has 1 saturated carbocycles. The van der Waals surface area contributed by atoms with Crippen molar-refractivity contribution in [3.05, 3.63) is 144 Å². The largest absolute Gasteiger partial charge is 0.457 e. The normalized spacial score (nSPS) is 30.7. The maximum absolute atomic E-state index is 11.1. The lowest BCUT2D eigenvalue weighted by Gasteiger charge is -2.46. The summed E-state index contributed by atoms with van der Waals surface area (Å²) in [6.45, 7) is 0.390. The predicted octanol–water partition coefficient (Wildman–Crippen LogP) is 2.86. The van der Waals surface area contributed by atoms with Crippen molar-refractivity contribution in [2.45, 2.75) is 87.0 Å². The molecule has 0 radical (unpaired) electrons. The average molecular weight is 727 g/mol. The first-order chi connectivity index (χ1) is 25.9. The van der Waals surface area contributed by atoms with E-state index in [2.05, 4.69) is 10.3 Å². The van der Waals surface area contributed by atoms with E-state index in [1.165, 1.54) is 0 Å². The van der Waals surface area contributed by atoms with E-state index in [0.29, 0.717) is 6.61 Å². The highest BCUT2D eigenvalue weighted by Crippen LogP contribution is 2.39. The van der Waals surface area contributed by atoms with E-state index in [0.717, 1.165) is 22.3 Å². The number of nitrogens with zero attached hydrogens (tertiary/aromatic N) is 1. The smallest absolute Gasteiger partial charge is 0.287 e. The Morgan fingerprint density at radius 1 is 0.642 bits per heavy atom. The number of amidine groups is 1. The van der Waals surface area contributed by atoms with Gasteiger partial charge in [-0.25, -0.2) is 4.99 Å². The van der Waals surface area contributed by atoms with Crippen LogP contribution in [0.3, 0.4) is 0 Å². The van der Waals surface area contributed by atoms with Crippen LogP contribution in [0.2, 0.25) is 0 Å². The van der Waals surface area contributed by atoms with Gasteiger partial charge in [0.1, 0.15) is 48.3 Å². The Balaban J connectivity index is 1.21. The fourth-order valence-electron chi connectivity index (χ4n) is 7.01. The van der Waals surface area contributed by atoms with Crippen molar-refractivity contribution in [1.29, 1.82) is 0 Å². The van der Waals surface area contributed by atoms with Gasteiger partial charge in [-0.2, -0.15) is 0 Å². The molecule has 280 valence electrons. The lowest BCUT2D eigenvalue weighted by Crippen LogP contribution is -2.65. The minimum absolute atomic E-state index is 0.0504. The van der Waals surface area contributed by atoms with E-state index < -0.39 is 67.2 Å². The second-order valence-corrected chi connectivity index (χ2v) is 13.6. The van der Waals surface area contributed by atoms with E-state index in [-0.39, 0.29) is 32.4 Å². The monoisotopic (exact) mass is 726 g/mol. The SMILES string of the molecule is OC[C@@]1(O)[C@@H](O)[C@@H](O)[C@@H]2OC(N[C@H]3O[C@H](COCc4ccccc4)[C@@H](OCc4ccccc4)[C@H](OCc4ccccc4)[C@H]3OCc3ccccc3)=N[C@@H]21. The third-order valence-corrected chi connectivity index (χ3v) is 9.90. The lowest BCUT2D eigenvalue weighted by atomic mass is 9.96. The third-order valence-electron chi connectivity index (χ3n) is 9.90. The van der Waals surface area contributed by atoms with Gasteiger partial charge in [0.2, 0.25) is 0 Å². The zero-order chi connectivity index (χ0) is 36.6. The summed E-state index contributed by atoms with van der Waals surface area (Å²) in [5.74, 6) is 0. The number of fused-ring (bicyclic) bond motifs is 1. The van der Waals surface area contributed by atoms with E-state index in [1.54, 1.807) is 0 Å². The van der Waals surface area contributed by atoms with Crippen molar-refractivity contribution in [2.24, 2.45) is 4.99 Å². The fraction of sp³-hybridized carbons (Fsp3) is 0.390. The number of aliphatic imine (C=N–C) groups is 1.